The molecule has 0 aliphatic heterocycles. The van der Waals surface area contributed by atoms with E-state index in [2.05, 4.69) is 194 Å². The lowest BCUT2D eigenvalue weighted by Gasteiger charge is -2.30. The molecule has 4 heteroatoms. The van der Waals surface area contributed by atoms with Gasteiger partial charge in [0.25, 0.3) is 0 Å². The molecule has 0 N–H and O–H groups in total. The smallest absolute Gasteiger partial charge is 0.211 e. The zero-order valence-corrected chi connectivity index (χ0v) is 37.6. The molecule has 9 aromatic rings. The first kappa shape index (κ1) is 40.9. The zero-order valence-electron chi connectivity index (χ0n) is 37.6. The summed E-state index contributed by atoms with van der Waals surface area (Å²) >= 11 is 0. The van der Waals surface area contributed by atoms with Crippen molar-refractivity contribution < 1.29 is 0 Å². The molecule has 1 aliphatic rings. The second-order valence-corrected chi connectivity index (χ2v) is 18.0. The normalized spacial score (nSPS) is 12.2. The van der Waals surface area contributed by atoms with Gasteiger partial charge in [-0.15, -0.1) is 0 Å². The van der Waals surface area contributed by atoms with E-state index < -0.39 is 0 Å². The highest BCUT2D eigenvalue weighted by Gasteiger charge is 2.37. The number of rotatable bonds is 8. The molecule has 0 unspecified atom stereocenters. The number of anilines is 6. The summed E-state index contributed by atoms with van der Waals surface area (Å²) in [5.41, 5.74) is 20.5. The Morgan fingerprint density at radius 3 is 1.32 bits per heavy atom. The Kier molecular flexibility index (Phi) is 10.2. The third kappa shape index (κ3) is 7.40. The standard InChI is InChI=1S/C61H48N4/c1-39-27-40(2)30-51(29-39)64(59-25-20-46(36-57(59)62-7)43-15-11-9-12-16-43)49-22-19-45-34-54-53-24-23-50(38-56(53)61(5,6)55(54)35-48(45)33-49)65(52-31-41(3)28-42(4)32-52)60-26-21-47(37-58(60)63-8)44-17-13-10-14-18-44/h9-38H,1-6H3. The van der Waals surface area contributed by atoms with E-state index in [4.69, 9.17) is 13.1 Å². The molecule has 65 heavy (non-hydrogen) atoms. The van der Waals surface area contributed by atoms with Crippen LogP contribution >= 0.6 is 0 Å². The van der Waals surface area contributed by atoms with Gasteiger partial charge in [0, 0.05) is 28.2 Å². The van der Waals surface area contributed by atoms with Crippen molar-refractivity contribution in [1.82, 2.24) is 0 Å². The van der Waals surface area contributed by atoms with E-state index in [-0.39, 0.29) is 5.41 Å². The minimum atomic E-state index is -0.323. The molecule has 0 heterocycles. The molecule has 0 radical (unpaired) electrons. The fourth-order valence-corrected chi connectivity index (χ4v) is 9.97. The minimum Gasteiger partial charge on any atom is -0.320 e. The first-order valence-corrected chi connectivity index (χ1v) is 22.1. The predicted molar refractivity (Wildman–Crippen MR) is 273 cm³/mol. The quantitative estimate of drug-likeness (QED) is 0.142. The lowest BCUT2D eigenvalue weighted by molar-refractivity contribution is 0.661. The van der Waals surface area contributed by atoms with E-state index in [1.165, 1.54) is 44.5 Å². The molecule has 0 saturated heterocycles. The molecule has 1 aliphatic carbocycles. The lowest BCUT2D eigenvalue weighted by Crippen LogP contribution is -2.17. The van der Waals surface area contributed by atoms with Gasteiger partial charge in [0.15, 0.2) is 0 Å². The Labute approximate surface area is 383 Å². The van der Waals surface area contributed by atoms with Crippen LogP contribution in [-0.2, 0) is 5.41 Å². The van der Waals surface area contributed by atoms with E-state index in [1.807, 2.05) is 48.5 Å². The molecule has 9 aromatic carbocycles. The molecule has 4 nitrogen and oxygen atoms in total. The van der Waals surface area contributed by atoms with Gasteiger partial charge >= 0.3 is 0 Å². The molecule has 0 amide bonds. The van der Waals surface area contributed by atoms with E-state index in [9.17, 15) is 0 Å². The molecule has 0 saturated carbocycles. The highest BCUT2D eigenvalue weighted by molar-refractivity contribution is 5.98. The first-order valence-electron chi connectivity index (χ1n) is 22.1. The topological polar surface area (TPSA) is 15.2 Å². The summed E-state index contributed by atoms with van der Waals surface area (Å²) in [4.78, 5) is 12.7. The Hall–Kier alpha value is -8.18. The van der Waals surface area contributed by atoms with Crippen LogP contribution in [0.5, 0.6) is 0 Å². The van der Waals surface area contributed by atoms with Gasteiger partial charge < -0.3 is 9.80 Å². The third-order valence-electron chi connectivity index (χ3n) is 12.9. The average molecular weight is 837 g/mol. The zero-order chi connectivity index (χ0) is 45.0. The molecule has 10 rings (SSSR count). The van der Waals surface area contributed by atoms with Gasteiger partial charge in [0.2, 0.25) is 11.4 Å². The largest absolute Gasteiger partial charge is 0.320 e. The number of nitrogens with zero attached hydrogens (tertiary/aromatic N) is 4. The summed E-state index contributed by atoms with van der Waals surface area (Å²) in [6, 6.07) is 64.5. The maximum atomic E-state index is 8.39. The van der Waals surface area contributed by atoms with E-state index in [0.717, 1.165) is 67.2 Å². The fraction of sp³-hybridized carbons (Fsp3) is 0.115. The van der Waals surface area contributed by atoms with Crippen molar-refractivity contribution in [3.63, 3.8) is 0 Å². The number of hydrogen-bond acceptors (Lipinski definition) is 2. The molecule has 0 atom stereocenters. The van der Waals surface area contributed by atoms with Crippen molar-refractivity contribution in [1.29, 1.82) is 0 Å². The summed E-state index contributed by atoms with van der Waals surface area (Å²) in [6.45, 7) is 29.9. The van der Waals surface area contributed by atoms with Crippen LogP contribution in [0.2, 0.25) is 0 Å². The number of hydrogen-bond donors (Lipinski definition) is 0. The lowest BCUT2D eigenvalue weighted by atomic mass is 9.81. The van der Waals surface area contributed by atoms with Crippen LogP contribution < -0.4 is 9.80 Å². The van der Waals surface area contributed by atoms with E-state index in [1.54, 1.807) is 0 Å². The van der Waals surface area contributed by atoms with Crippen LogP contribution in [0.15, 0.2) is 182 Å². The average Bonchev–Trinajstić information content (AvgIpc) is 3.52. The number of aryl methyl sites for hydroxylation is 4. The van der Waals surface area contributed by atoms with Crippen LogP contribution in [0.4, 0.5) is 45.5 Å². The predicted octanol–water partition coefficient (Wildman–Crippen LogP) is 17.8. The van der Waals surface area contributed by atoms with Crippen molar-refractivity contribution in [2.24, 2.45) is 0 Å². The maximum absolute atomic E-state index is 8.39. The Morgan fingerprint density at radius 2 is 0.831 bits per heavy atom. The molecule has 0 fully saturated rings. The minimum absolute atomic E-state index is 0.323. The Bertz CT molecular complexity index is 3380. The maximum Gasteiger partial charge on any atom is 0.211 e. The number of benzene rings is 9. The summed E-state index contributed by atoms with van der Waals surface area (Å²) in [6.07, 6.45) is 0. The third-order valence-corrected chi connectivity index (χ3v) is 12.9. The van der Waals surface area contributed by atoms with Crippen molar-refractivity contribution in [3.8, 4) is 33.4 Å². The van der Waals surface area contributed by atoms with Crippen LogP contribution in [-0.4, -0.2) is 0 Å². The van der Waals surface area contributed by atoms with Crippen molar-refractivity contribution >= 4 is 56.3 Å². The summed E-state index contributed by atoms with van der Waals surface area (Å²) in [7, 11) is 0. The second-order valence-electron chi connectivity index (χ2n) is 18.0. The Balaban J connectivity index is 1.09. The monoisotopic (exact) mass is 836 g/mol. The SMILES string of the molecule is [C-]#[N+]c1cc(-c2ccccc2)ccc1N(c1cc(C)cc(C)c1)c1ccc2c(c1)C(C)(C)c1cc3cc(N(c4cc(C)cc(C)c4)c4ccc(-c5ccccc5)cc4[N+]#[C-])ccc3cc1-2. The first-order chi connectivity index (χ1) is 31.5. The summed E-state index contributed by atoms with van der Waals surface area (Å²) in [5, 5.41) is 2.29. The molecule has 0 aromatic heterocycles. The van der Waals surface area contributed by atoms with Crippen molar-refractivity contribution in [2.45, 2.75) is 47.0 Å². The van der Waals surface area contributed by atoms with Crippen LogP contribution in [0.25, 0.3) is 53.8 Å². The molecular formula is C61H48N4. The van der Waals surface area contributed by atoms with E-state index in [0.29, 0.717) is 11.4 Å². The van der Waals surface area contributed by atoms with Crippen LogP contribution in [0.3, 0.4) is 0 Å². The fourth-order valence-electron chi connectivity index (χ4n) is 9.97. The van der Waals surface area contributed by atoms with Gasteiger partial charge in [-0.2, -0.15) is 0 Å². The van der Waals surface area contributed by atoms with Gasteiger partial charge in [0.05, 0.1) is 24.5 Å². The van der Waals surface area contributed by atoms with E-state index >= 15 is 0 Å². The van der Waals surface area contributed by atoms with Gasteiger partial charge in [-0.1, -0.05) is 111 Å². The van der Waals surface area contributed by atoms with Gasteiger partial charge in [-0.3, -0.25) is 0 Å². The Morgan fingerprint density at radius 1 is 0.369 bits per heavy atom. The molecular weight excluding hydrogens is 789 g/mol. The summed E-state index contributed by atoms with van der Waals surface area (Å²) < 4.78 is 0. The van der Waals surface area contributed by atoms with Crippen molar-refractivity contribution in [2.75, 3.05) is 9.80 Å². The van der Waals surface area contributed by atoms with Crippen LogP contribution in [0.1, 0.15) is 47.2 Å². The van der Waals surface area contributed by atoms with Gasteiger partial charge in [-0.05, 0) is 190 Å². The number of fused-ring (bicyclic) bond motifs is 4. The highest BCUT2D eigenvalue weighted by atomic mass is 15.2. The summed E-state index contributed by atoms with van der Waals surface area (Å²) in [5.74, 6) is 0. The molecule has 0 bridgehead atoms. The molecule has 312 valence electrons. The molecule has 0 spiro atoms. The highest BCUT2D eigenvalue weighted by Crippen LogP contribution is 2.53. The van der Waals surface area contributed by atoms with Gasteiger partial charge in [0.1, 0.15) is 0 Å². The van der Waals surface area contributed by atoms with Crippen molar-refractivity contribution in [3.05, 3.63) is 238 Å². The van der Waals surface area contributed by atoms with Crippen LogP contribution in [0, 0.1) is 40.8 Å². The van der Waals surface area contributed by atoms with Gasteiger partial charge in [-0.25, -0.2) is 9.69 Å². The second kappa shape index (κ2) is 16.2.